The molecule has 0 amide bonds. The summed E-state index contributed by atoms with van der Waals surface area (Å²) in [6.07, 6.45) is -0.647. The van der Waals surface area contributed by atoms with Gasteiger partial charge in [-0.25, -0.2) is 9.67 Å². The zero-order valence-corrected chi connectivity index (χ0v) is 24.0. The van der Waals surface area contributed by atoms with Crippen molar-refractivity contribution in [1.82, 2.24) is 14.8 Å². The fourth-order valence-corrected chi connectivity index (χ4v) is 5.54. The number of halogens is 3. The summed E-state index contributed by atoms with van der Waals surface area (Å²) in [5, 5.41) is 25.0. The number of alkyl halides is 3. The maximum atomic E-state index is 12.4. The van der Waals surface area contributed by atoms with Gasteiger partial charge < -0.3 is 9.84 Å². The van der Waals surface area contributed by atoms with Crippen LogP contribution in [0.15, 0.2) is 89.3 Å². The number of hydrogen-bond donors (Lipinski definition) is 1. The summed E-state index contributed by atoms with van der Waals surface area (Å²) in [7, 11) is 0. The van der Waals surface area contributed by atoms with Crippen LogP contribution < -0.4 is 9.64 Å². The van der Waals surface area contributed by atoms with Gasteiger partial charge in [-0.15, -0.1) is 23.4 Å². The number of para-hydroxylation sites is 1. The van der Waals surface area contributed by atoms with Gasteiger partial charge >= 0.3 is 6.36 Å². The predicted molar refractivity (Wildman–Crippen MR) is 159 cm³/mol. The monoisotopic (exact) mass is 594 g/mol. The van der Waals surface area contributed by atoms with Crippen LogP contribution in [-0.4, -0.2) is 49.1 Å². The lowest BCUT2D eigenvalue weighted by Crippen LogP contribution is -2.45. The average Bonchev–Trinajstić information content (AvgIpc) is 3.57. The van der Waals surface area contributed by atoms with E-state index in [1.54, 1.807) is 13.1 Å². The molecule has 2 atom stereocenters. The lowest BCUT2D eigenvalue weighted by Gasteiger charge is -2.33. The number of thioether (sulfide) groups is 1. The molecule has 0 radical (unpaired) electrons. The van der Waals surface area contributed by atoms with Crippen molar-refractivity contribution >= 4 is 28.8 Å². The van der Waals surface area contributed by atoms with E-state index in [1.165, 1.54) is 47.0 Å². The van der Waals surface area contributed by atoms with Crippen molar-refractivity contribution in [1.29, 1.82) is 0 Å². The van der Waals surface area contributed by atoms with Crippen LogP contribution in [0, 0.1) is 0 Å². The van der Waals surface area contributed by atoms with Gasteiger partial charge in [-0.1, -0.05) is 68.1 Å². The predicted octanol–water partition coefficient (Wildman–Crippen LogP) is 7.00. The van der Waals surface area contributed by atoms with Crippen LogP contribution in [0.25, 0.3) is 17.1 Å². The standard InChI is InChI=1S/C30H29F3N6O2S/c1-4-20(2)25-7-5-6-8-26(25)39-28(42-18-29(39,3)40)36-35-17-21-9-11-22(12-10-21)27-34-19-38(37-27)23-13-15-24(16-14-23)41-30(31,32)33/h5-17,19-20,40H,4,18H2,1-3H3/b35-17-,36-28+. The fourth-order valence-electron chi connectivity index (χ4n) is 4.48. The highest BCUT2D eigenvalue weighted by molar-refractivity contribution is 8.14. The molecule has 3 aromatic carbocycles. The van der Waals surface area contributed by atoms with Crippen molar-refractivity contribution < 1.29 is 23.0 Å². The Kier molecular flexibility index (Phi) is 8.37. The van der Waals surface area contributed by atoms with Crippen molar-refractivity contribution in [2.24, 2.45) is 10.2 Å². The van der Waals surface area contributed by atoms with Crippen LogP contribution in [-0.2, 0) is 0 Å². The van der Waals surface area contributed by atoms with Gasteiger partial charge in [0.2, 0.25) is 0 Å². The molecule has 1 aliphatic rings. The van der Waals surface area contributed by atoms with E-state index in [0.29, 0.717) is 28.4 Å². The van der Waals surface area contributed by atoms with Gasteiger partial charge in [-0.3, -0.25) is 4.90 Å². The third-order valence-corrected chi connectivity index (χ3v) is 8.03. The Labute approximate surface area is 245 Å². The maximum absolute atomic E-state index is 12.4. The Bertz CT molecular complexity index is 1580. The van der Waals surface area contributed by atoms with Crippen molar-refractivity contribution in [3.63, 3.8) is 0 Å². The Morgan fingerprint density at radius 2 is 1.81 bits per heavy atom. The first-order chi connectivity index (χ1) is 20.0. The molecule has 218 valence electrons. The summed E-state index contributed by atoms with van der Waals surface area (Å²) >= 11 is 1.46. The van der Waals surface area contributed by atoms with Crippen LogP contribution in [0.3, 0.4) is 0 Å². The first-order valence-corrected chi connectivity index (χ1v) is 14.3. The van der Waals surface area contributed by atoms with Crippen LogP contribution in [0.2, 0.25) is 0 Å². The lowest BCUT2D eigenvalue weighted by molar-refractivity contribution is -0.274. The quantitative estimate of drug-likeness (QED) is 0.175. The van der Waals surface area contributed by atoms with Gasteiger partial charge in [0, 0.05) is 17.0 Å². The van der Waals surface area contributed by atoms with E-state index >= 15 is 0 Å². The second-order valence-electron chi connectivity index (χ2n) is 10.0. The SMILES string of the molecule is CCC(C)c1ccccc1N1/C(=N\N=C/c2ccc(-c3ncn(-c4ccc(OC(F)(F)F)cc4)n3)cc2)SCC1(C)O. The molecular formula is C30H29F3N6O2S. The number of aromatic nitrogens is 3. The summed E-state index contributed by atoms with van der Waals surface area (Å²) in [6.45, 7) is 6.10. The Morgan fingerprint density at radius 1 is 1.10 bits per heavy atom. The molecule has 0 aliphatic carbocycles. The lowest BCUT2D eigenvalue weighted by atomic mass is 9.96. The fraction of sp³-hybridized carbons (Fsp3) is 0.267. The molecule has 0 saturated carbocycles. The van der Waals surface area contributed by atoms with E-state index in [1.807, 2.05) is 47.4 Å². The van der Waals surface area contributed by atoms with E-state index in [4.69, 9.17) is 0 Å². The van der Waals surface area contributed by atoms with E-state index in [-0.39, 0.29) is 5.75 Å². The number of hydrogen-bond acceptors (Lipinski definition) is 7. The molecule has 2 heterocycles. The first kappa shape index (κ1) is 29.3. The molecule has 0 bridgehead atoms. The number of amidine groups is 1. The number of ether oxygens (including phenoxy) is 1. The topological polar surface area (TPSA) is 88.1 Å². The van der Waals surface area contributed by atoms with Gasteiger partial charge in [-0.2, -0.15) is 5.10 Å². The van der Waals surface area contributed by atoms with Crippen LogP contribution in [0.1, 0.15) is 44.2 Å². The Balaban J connectivity index is 1.29. The highest BCUT2D eigenvalue weighted by Crippen LogP contribution is 2.40. The van der Waals surface area contributed by atoms with Gasteiger partial charge in [0.05, 0.1) is 11.9 Å². The van der Waals surface area contributed by atoms with Crippen molar-refractivity contribution in [3.8, 4) is 22.8 Å². The number of anilines is 1. The van der Waals surface area contributed by atoms with Crippen LogP contribution >= 0.6 is 11.8 Å². The summed E-state index contributed by atoms with van der Waals surface area (Å²) in [6, 6.07) is 20.8. The third kappa shape index (κ3) is 6.66. The third-order valence-electron chi connectivity index (χ3n) is 6.81. The van der Waals surface area contributed by atoms with E-state index < -0.39 is 12.1 Å². The number of rotatable bonds is 8. The Hall–Kier alpha value is -4.16. The molecule has 1 N–H and O–H groups in total. The smallest absolute Gasteiger partial charge is 0.406 e. The number of aliphatic hydroxyl groups is 1. The van der Waals surface area contributed by atoms with E-state index in [9.17, 15) is 18.3 Å². The molecule has 42 heavy (non-hydrogen) atoms. The summed E-state index contributed by atoms with van der Waals surface area (Å²) < 4.78 is 42.6. The molecule has 12 heteroatoms. The minimum Gasteiger partial charge on any atom is -0.406 e. The molecule has 2 unspecified atom stereocenters. The summed E-state index contributed by atoms with van der Waals surface area (Å²) in [4.78, 5) is 6.18. The molecule has 1 aliphatic heterocycles. The minimum atomic E-state index is -4.75. The molecule has 0 spiro atoms. The van der Waals surface area contributed by atoms with Gasteiger partial charge in [0.1, 0.15) is 12.1 Å². The highest BCUT2D eigenvalue weighted by atomic mass is 32.2. The largest absolute Gasteiger partial charge is 0.573 e. The molecule has 5 rings (SSSR count). The highest BCUT2D eigenvalue weighted by Gasteiger charge is 2.41. The number of nitrogens with zero attached hydrogens (tertiary/aromatic N) is 6. The molecular weight excluding hydrogens is 565 g/mol. The molecule has 4 aromatic rings. The van der Waals surface area contributed by atoms with Crippen molar-refractivity contribution in [2.75, 3.05) is 10.7 Å². The minimum absolute atomic E-state index is 0.311. The summed E-state index contributed by atoms with van der Waals surface area (Å²) in [5.41, 5.74) is 3.08. The molecule has 1 fully saturated rings. The normalized spacial score (nSPS) is 19.1. The molecule has 8 nitrogen and oxygen atoms in total. The van der Waals surface area contributed by atoms with E-state index in [2.05, 4.69) is 44.9 Å². The zero-order chi connectivity index (χ0) is 29.9. The second-order valence-corrected chi connectivity index (χ2v) is 11.0. The van der Waals surface area contributed by atoms with E-state index in [0.717, 1.165) is 28.8 Å². The van der Waals surface area contributed by atoms with Gasteiger partial charge in [-0.05, 0) is 60.7 Å². The van der Waals surface area contributed by atoms with Crippen LogP contribution in [0.5, 0.6) is 5.75 Å². The van der Waals surface area contributed by atoms with Crippen molar-refractivity contribution in [3.05, 3.63) is 90.3 Å². The maximum Gasteiger partial charge on any atom is 0.573 e. The zero-order valence-electron chi connectivity index (χ0n) is 23.2. The number of benzene rings is 3. The van der Waals surface area contributed by atoms with Gasteiger partial charge in [0.25, 0.3) is 0 Å². The summed E-state index contributed by atoms with van der Waals surface area (Å²) in [5.74, 6) is 0.935. The second kappa shape index (κ2) is 12.0. The van der Waals surface area contributed by atoms with Crippen molar-refractivity contribution in [2.45, 2.75) is 45.2 Å². The first-order valence-electron chi connectivity index (χ1n) is 13.3. The van der Waals surface area contributed by atoms with Gasteiger partial charge in [0.15, 0.2) is 16.7 Å². The average molecular weight is 595 g/mol. The Morgan fingerprint density at radius 3 is 2.50 bits per heavy atom. The van der Waals surface area contributed by atoms with Crippen LogP contribution in [0.4, 0.5) is 18.9 Å². The molecule has 1 aromatic heterocycles. The molecule has 1 saturated heterocycles.